The monoisotopic (exact) mass is 754 g/mol. The van der Waals surface area contributed by atoms with Gasteiger partial charge in [0.05, 0.1) is 18.6 Å². The van der Waals surface area contributed by atoms with Gasteiger partial charge in [0.15, 0.2) is 17.1 Å². The molecule has 1 heterocycles. The van der Waals surface area contributed by atoms with Crippen LogP contribution in [0.3, 0.4) is 0 Å². The van der Waals surface area contributed by atoms with Crippen LogP contribution in [-0.4, -0.2) is 56.8 Å². The largest absolute Gasteiger partial charge is 0.457 e. The summed E-state index contributed by atoms with van der Waals surface area (Å²) in [5.74, 6) is -1.85. The molecule has 5 rings (SSSR count). The number of benzene rings is 4. The molecule has 1 atom stereocenters. The summed E-state index contributed by atoms with van der Waals surface area (Å²) in [6.45, 7) is 9.74. The Balaban J connectivity index is 1.53. The van der Waals surface area contributed by atoms with Crippen molar-refractivity contribution in [2.75, 3.05) is 20.2 Å². The SMILES string of the molecule is CCC[N+]1(C)N=C(C(C)C)C(C(=O)OCc2ccccc2C(=O)c2ccccc2)=C1c1ccc(-c2ccccc2S(=O)(=O)NC(=O)OCC(C)C)c(F)c1. The number of hydrogen-bond donors (Lipinski definition) is 1. The second kappa shape index (κ2) is 16.7. The Morgan fingerprint density at radius 3 is 2.19 bits per heavy atom. The fourth-order valence-corrected chi connectivity index (χ4v) is 7.51. The van der Waals surface area contributed by atoms with E-state index < -0.39 is 27.9 Å². The molecule has 1 aliphatic rings. The summed E-state index contributed by atoms with van der Waals surface area (Å²) in [6, 6.07) is 25.9. The molecule has 54 heavy (non-hydrogen) atoms. The number of ether oxygens (including phenoxy) is 2. The summed E-state index contributed by atoms with van der Waals surface area (Å²) >= 11 is 0. The van der Waals surface area contributed by atoms with Crippen molar-refractivity contribution in [3.8, 4) is 11.1 Å². The lowest BCUT2D eigenvalue weighted by Gasteiger charge is -2.26. The number of amides is 1. The third-order valence-electron chi connectivity index (χ3n) is 8.84. The van der Waals surface area contributed by atoms with Gasteiger partial charge >= 0.3 is 12.1 Å². The average molecular weight is 755 g/mol. The first-order valence-corrected chi connectivity index (χ1v) is 19.3. The van der Waals surface area contributed by atoms with Crippen LogP contribution in [-0.2, 0) is 30.9 Å². The fourth-order valence-electron chi connectivity index (χ4n) is 6.39. The zero-order chi connectivity index (χ0) is 39.2. The number of nitrogens with zero attached hydrogens (tertiary/aromatic N) is 2. The van der Waals surface area contributed by atoms with Gasteiger partial charge in [-0.15, -0.1) is 0 Å². The summed E-state index contributed by atoms with van der Waals surface area (Å²) < 4.78 is 55.8. The molecule has 0 saturated heterocycles. The number of ketones is 1. The third kappa shape index (κ3) is 8.67. The molecule has 12 heteroatoms. The fraction of sp³-hybridized carbons (Fsp3) is 0.286. The number of hydrogen-bond acceptors (Lipinski definition) is 8. The molecule has 0 aromatic heterocycles. The van der Waals surface area contributed by atoms with E-state index >= 15 is 4.39 Å². The average Bonchev–Trinajstić information content (AvgIpc) is 3.46. The summed E-state index contributed by atoms with van der Waals surface area (Å²) in [5.41, 5.74) is 2.92. The van der Waals surface area contributed by atoms with Crippen molar-refractivity contribution in [3.63, 3.8) is 0 Å². The maximum Gasteiger partial charge on any atom is 0.421 e. The van der Waals surface area contributed by atoms with Gasteiger partial charge in [-0.3, -0.25) is 4.79 Å². The van der Waals surface area contributed by atoms with E-state index in [9.17, 15) is 22.8 Å². The molecule has 1 amide bonds. The molecule has 4 aromatic carbocycles. The molecule has 1 N–H and O–H groups in total. The van der Waals surface area contributed by atoms with Gasteiger partial charge in [-0.2, -0.15) is 4.59 Å². The Bertz CT molecular complexity index is 2230. The molecule has 10 nitrogen and oxygen atoms in total. The number of esters is 1. The zero-order valence-electron chi connectivity index (χ0n) is 31.3. The number of carbonyl (C=O) groups excluding carboxylic acids is 3. The molecule has 0 saturated carbocycles. The van der Waals surface area contributed by atoms with Crippen molar-refractivity contribution < 1.29 is 41.3 Å². The molecule has 0 aliphatic carbocycles. The third-order valence-corrected chi connectivity index (χ3v) is 10.2. The second-order valence-corrected chi connectivity index (χ2v) is 15.6. The number of halogens is 1. The van der Waals surface area contributed by atoms with Gasteiger partial charge in [0.25, 0.3) is 10.0 Å². The maximum absolute atomic E-state index is 16.4. The van der Waals surface area contributed by atoms with Gasteiger partial charge in [-0.25, -0.2) is 27.1 Å². The van der Waals surface area contributed by atoms with Crippen LogP contribution in [0.25, 0.3) is 16.8 Å². The first-order valence-electron chi connectivity index (χ1n) is 17.8. The van der Waals surface area contributed by atoms with Crippen molar-refractivity contribution in [3.05, 3.63) is 131 Å². The van der Waals surface area contributed by atoms with Gasteiger partial charge in [0.1, 0.15) is 24.7 Å². The highest BCUT2D eigenvalue weighted by Gasteiger charge is 2.45. The van der Waals surface area contributed by atoms with Gasteiger partial charge in [0.2, 0.25) is 0 Å². The molecule has 0 fully saturated rings. The summed E-state index contributed by atoms with van der Waals surface area (Å²) in [6.07, 6.45) is -0.452. The van der Waals surface area contributed by atoms with Crippen LogP contribution in [0.1, 0.15) is 68.1 Å². The molecule has 0 bridgehead atoms. The highest BCUT2D eigenvalue weighted by molar-refractivity contribution is 7.90. The summed E-state index contributed by atoms with van der Waals surface area (Å²) in [4.78, 5) is 39.6. The van der Waals surface area contributed by atoms with E-state index in [0.717, 1.165) is 0 Å². The molecule has 0 spiro atoms. The molecule has 282 valence electrons. The molecular weight excluding hydrogens is 710 g/mol. The van der Waals surface area contributed by atoms with Crippen LogP contribution < -0.4 is 4.72 Å². The van der Waals surface area contributed by atoms with Crippen LogP contribution in [0.2, 0.25) is 0 Å². The standard InChI is InChI=1S/C42H44FN3O7S/c1-7-23-46(6)39(30-21-22-33(35(43)24-30)34-19-13-14-20-36(34)54(50,51)45-42(49)53-25-27(2)3)37(38(44-46)28(4)5)41(48)52-26-31-17-11-12-18-32(31)40(47)29-15-9-8-10-16-29/h8-22,24,27-28H,7,23,25-26H2,1-6H3/p+1. The second-order valence-electron chi connectivity index (χ2n) is 13.9. The van der Waals surface area contributed by atoms with Crippen molar-refractivity contribution in [2.45, 2.75) is 52.5 Å². The van der Waals surface area contributed by atoms with Crippen molar-refractivity contribution in [1.82, 2.24) is 4.72 Å². The van der Waals surface area contributed by atoms with E-state index in [1.165, 1.54) is 30.3 Å². The number of rotatable bonds is 14. The molecule has 0 radical (unpaired) electrons. The minimum Gasteiger partial charge on any atom is -0.457 e. The summed E-state index contributed by atoms with van der Waals surface area (Å²) in [7, 11) is -2.61. The Morgan fingerprint density at radius 2 is 1.52 bits per heavy atom. The van der Waals surface area contributed by atoms with Gasteiger partial charge in [0, 0.05) is 39.3 Å². The molecule has 4 aromatic rings. The minimum atomic E-state index is -4.45. The van der Waals surface area contributed by atoms with E-state index in [4.69, 9.17) is 14.6 Å². The Morgan fingerprint density at radius 1 is 0.852 bits per heavy atom. The first-order chi connectivity index (χ1) is 25.7. The van der Waals surface area contributed by atoms with Crippen LogP contribution in [0.4, 0.5) is 9.18 Å². The van der Waals surface area contributed by atoms with Crippen molar-refractivity contribution >= 4 is 39.3 Å². The highest BCUT2D eigenvalue weighted by Crippen LogP contribution is 2.40. The molecule has 1 aliphatic heterocycles. The zero-order valence-corrected chi connectivity index (χ0v) is 32.1. The van der Waals surface area contributed by atoms with Gasteiger partial charge in [-0.05, 0) is 30.5 Å². The lowest BCUT2D eigenvalue weighted by atomic mass is 9.94. The number of nitrogens with one attached hydrogen (secondary N) is 1. The predicted molar refractivity (Wildman–Crippen MR) is 205 cm³/mol. The van der Waals surface area contributed by atoms with Crippen LogP contribution in [0, 0.1) is 17.7 Å². The molecule has 1 unspecified atom stereocenters. The van der Waals surface area contributed by atoms with Gasteiger partial charge < -0.3 is 9.47 Å². The van der Waals surface area contributed by atoms with E-state index in [1.807, 2.05) is 52.5 Å². The predicted octanol–water partition coefficient (Wildman–Crippen LogP) is 8.13. The Hall–Kier alpha value is -5.46. The number of carbonyl (C=O) groups is 3. The van der Waals surface area contributed by atoms with E-state index in [2.05, 4.69) is 0 Å². The smallest absolute Gasteiger partial charge is 0.421 e. The van der Waals surface area contributed by atoms with Crippen molar-refractivity contribution in [1.29, 1.82) is 0 Å². The lowest BCUT2D eigenvalue weighted by molar-refractivity contribution is -0.844. The van der Waals surface area contributed by atoms with Gasteiger partial charge in [-0.1, -0.05) is 119 Å². The van der Waals surface area contributed by atoms with Crippen molar-refractivity contribution in [2.24, 2.45) is 16.9 Å². The topological polar surface area (TPSA) is 128 Å². The maximum atomic E-state index is 16.4. The van der Waals surface area contributed by atoms with Crippen LogP contribution >= 0.6 is 0 Å². The summed E-state index contributed by atoms with van der Waals surface area (Å²) in [5, 5.41) is 4.99. The van der Waals surface area contributed by atoms with E-state index in [1.54, 1.807) is 60.7 Å². The van der Waals surface area contributed by atoms with Crippen LogP contribution in [0.5, 0.6) is 0 Å². The Kier molecular flexibility index (Phi) is 12.3. The number of sulfonamides is 1. The quantitative estimate of drug-likeness (QED) is 0.0782. The lowest BCUT2D eigenvalue weighted by Crippen LogP contribution is -2.36. The normalized spacial score (nSPS) is 15.7. The minimum absolute atomic E-state index is 0.0113. The molecular formula is C42H45FN3O7S+. The van der Waals surface area contributed by atoms with E-state index in [-0.39, 0.29) is 57.0 Å². The van der Waals surface area contributed by atoms with Crippen LogP contribution in [0.15, 0.2) is 113 Å². The highest BCUT2D eigenvalue weighted by atomic mass is 32.2. The Labute approximate surface area is 315 Å². The first kappa shape index (κ1) is 39.7. The van der Waals surface area contributed by atoms with E-state index in [0.29, 0.717) is 46.6 Å². The number of quaternary nitrogens is 1.